The number of nitrogens with zero attached hydrogens (tertiary/aromatic N) is 5. The van der Waals surface area contributed by atoms with Crippen molar-refractivity contribution in [1.82, 2.24) is 29.4 Å². The zero-order valence-corrected chi connectivity index (χ0v) is 18.1. The molecule has 1 fully saturated rings. The zero-order valence-electron chi connectivity index (χ0n) is 18.1. The molecule has 1 amide bonds. The number of hydrogen-bond acceptors (Lipinski definition) is 5. The summed E-state index contributed by atoms with van der Waals surface area (Å²) < 4.78 is 1.55. The van der Waals surface area contributed by atoms with Crippen LogP contribution in [0.2, 0.25) is 0 Å². The topological polar surface area (TPSA) is 86.6 Å². The van der Waals surface area contributed by atoms with Gasteiger partial charge < -0.3 is 4.90 Å². The number of carbonyl (C=O) groups is 1. The monoisotopic (exact) mass is 420 g/mol. The van der Waals surface area contributed by atoms with Crippen LogP contribution in [0, 0.1) is 6.92 Å². The average Bonchev–Trinajstić information content (AvgIpc) is 3.18. The maximum absolute atomic E-state index is 13.2. The normalized spacial score (nSPS) is 19.5. The lowest BCUT2D eigenvalue weighted by Crippen LogP contribution is -2.39. The highest BCUT2D eigenvalue weighted by Gasteiger charge is 2.28. The Morgan fingerprint density at radius 1 is 1.23 bits per heavy atom. The molecule has 0 bridgehead atoms. The third-order valence-corrected chi connectivity index (χ3v) is 6.51. The van der Waals surface area contributed by atoms with Crippen molar-refractivity contribution in [2.75, 3.05) is 13.1 Å². The van der Waals surface area contributed by atoms with Gasteiger partial charge in [0.25, 0.3) is 5.56 Å². The summed E-state index contributed by atoms with van der Waals surface area (Å²) in [7, 11) is 0. The van der Waals surface area contributed by atoms with Crippen molar-refractivity contribution < 1.29 is 4.79 Å². The summed E-state index contributed by atoms with van der Waals surface area (Å²) in [5.41, 5.74) is 5.11. The number of fused-ring (bicyclic) bond motifs is 2. The number of H-pyrrole nitrogens is 1. The fourth-order valence-corrected chi connectivity index (χ4v) is 4.87. The van der Waals surface area contributed by atoms with Crippen LogP contribution in [0.3, 0.4) is 0 Å². The van der Waals surface area contributed by atoms with Crippen LogP contribution in [0.15, 0.2) is 29.1 Å². The lowest BCUT2D eigenvalue weighted by molar-refractivity contribution is -0.129. The number of pyridine rings is 1. The van der Waals surface area contributed by atoms with Crippen LogP contribution >= 0.6 is 0 Å². The molecule has 8 heteroatoms. The first-order valence-electron chi connectivity index (χ1n) is 11.0. The van der Waals surface area contributed by atoms with Crippen LogP contribution in [0.5, 0.6) is 0 Å². The number of aromatic nitrogens is 4. The maximum Gasteiger partial charge on any atom is 0.277 e. The third kappa shape index (κ3) is 3.76. The third-order valence-electron chi connectivity index (χ3n) is 6.51. The summed E-state index contributed by atoms with van der Waals surface area (Å²) in [5, 5.41) is 3.33. The van der Waals surface area contributed by atoms with Gasteiger partial charge in [0.2, 0.25) is 5.91 Å². The van der Waals surface area contributed by atoms with Gasteiger partial charge in [-0.25, -0.2) is 9.50 Å². The molecular formula is C23H28N6O2. The fraction of sp³-hybridized carbons (Fsp3) is 0.478. The Bertz CT molecular complexity index is 1200. The number of carbonyl (C=O) groups excluding carboxylic acids is 1. The van der Waals surface area contributed by atoms with Gasteiger partial charge in [0.05, 0.1) is 35.2 Å². The van der Waals surface area contributed by atoms with E-state index in [4.69, 9.17) is 4.98 Å². The number of hydrogen-bond donors (Lipinski definition) is 1. The van der Waals surface area contributed by atoms with Crippen molar-refractivity contribution in [3.8, 4) is 0 Å². The van der Waals surface area contributed by atoms with Crippen molar-refractivity contribution in [1.29, 1.82) is 0 Å². The predicted molar refractivity (Wildman–Crippen MR) is 117 cm³/mol. The highest BCUT2D eigenvalue weighted by molar-refractivity contribution is 5.73. The number of rotatable bonds is 3. The lowest BCUT2D eigenvalue weighted by atomic mass is 9.99. The molecule has 5 rings (SSSR count). The molecule has 162 valence electrons. The highest BCUT2D eigenvalue weighted by atomic mass is 16.2. The summed E-state index contributed by atoms with van der Waals surface area (Å²) in [6.07, 6.45) is 3.97. The number of amides is 1. The standard InChI is InChI=1S/C23H28N6O2/c1-15-6-5-7-17(24-15)13-28-10-4-3-8-21(28)20-12-22-25-19-9-11-27(16(2)30)14-18(19)23(31)29(22)26-20/h5-7,12,21,26H,3-4,8-11,13-14H2,1-2H3. The van der Waals surface area contributed by atoms with Crippen LogP contribution in [0.4, 0.5) is 0 Å². The number of piperidine rings is 1. The number of aromatic amines is 1. The Kier molecular flexibility index (Phi) is 5.09. The maximum atomic E-state index is 13.2. The van der Waals surface area contributed by atoms with Crippen molar-refractivity contribution in [2.24, 2.45) is 0 Å². The van der Waals surface area contributed by atoms with Gasteiger partial charge >= 0.3 is 0 Å². The van der Waals surface area contributed by atoms with E-state index >= 15 is 0 Å². The minimum atomic E-state index is -0.0973. The predicted octanol–water partition coefficient (Wildman–Crippen LogP) is 2.36. The lowest BCUT2D eigenvalue weighted by Gasteiger charge is -2.34. The highest BCUT2D eigenvalue weighted by Crippen LogP contribution is 2.31. The molecule has 0 spiro atoms. The molecule has 0 radical (unpaired) electrons. The Balaban J connectivity index is 1.48. The molecule has 3 aromatic rings. The van der Waals surface area contributed by atoms with Crippen molar-refractivity contribution in [3.05, 3.63) is 63.0 Å². The summed E-state index contributed by atoms with van der Waals surface area (Å²) in [6, 6.07) is 8.36. The fourth-order valence-electron chi connectivity index (χ4n) is 4.87. The molecule has 8 nitrogen and oxygen atoms in total. The van der Waals surface area contributed by atoms with Crippen molar-refractivity contribution in [3.63, 3.8) is 0 Å². The molecule has 1 atom stereocenters. The van der Waals surface area contributed by atoms with Crippen molar-refractivity contribution >= 4 is 11.6 Å². The van der Waals surface area contributed by atoms with E-state index < -0.39 is 0 Å². The van der Waals surface area contributed by atoms with Gasteiger partial charge in [-0.05, 0) is 38.4 Å². The van der Waals surface area contributed by atoms with Gasteiger partial charge in [-0.1, -0.05) is 12.5 Å². The smallest absolute Gasteiger partial charge is 0.277 e. The second-order valence-electron chi connectivity index (χ2n) is 8.69. The van der Waals surface area contributed by atoms with Gasteiger partial charge in [-0.15, -0.1) is 0 Å². The number of nitrogens with one attached hydrogen (secondary N) is 1. The van der Waals surface area contributed by atoms with Crippen LogP contribution in [-0.4, -0.2) is 48.4 Å². The number of likely N-dealkylation sites (tertiary alicyclic amines) is 1. The van der Waals surface area contributed by atoms with E-state index in [0.29, 0.717) is 30.7 Å². The molecule has 2 aliphatic rings. The van der Waals surface area contributed by atoms with Crippen molar-refractivity contribution in [2.45, 2.75) is 58.7 Å². The molecule has 2 aliphatic heterocycles. The molecule has 1 N–H and O–H groups in total. The largest absolute Gasteiger partial charge is 0.338 e. The van der Waals surface area contributed by atoms with Gasteiger partial charge in [0.1, 0.15) is 0 Å². The Morgan fingerprint density at radius 2 is 2.10 bits per heavy atom. The van der Waals surface area contributed by atoms with E-state index in [0.717, 1.165) is 55.1 Å². The van der Waals surface area contributed by atoms with E-state index in [1.54, 1.807) is 16.3 Å². The molecule has 1 unspecified atom stereocenters. The zero-order chi connectivity index (χ0) is 21.5. The minimum Gasteiger partial charge on any atom is -0.338 e. The SMILES string of the molecule is CC(=O)N1CCc2nc3cc(C4CCCCN4Cc4cccc(C)n4)[nH]n3c(=O)c2C1. The Morgan fingerprint density at radius 3 is 2.90 bits per heavy atom. The van der Waals surface area contributed by atoms with Gasteiger partial charge in [0, 0.05) is 38.2 Å². The molecule has 0 aliphatic carbocycles. The molecule has 1 saturated heterocycles. The molecule has 5 heterocycles. The summed E-state index contributed by atoms with van der Waals surface area (Å²) in [5.74, 6) is -0.00933. The first kappa shape index (κ1) is 19.9. The Hall–Kier alpha value is -3.00. The van der Waals surface area contributed by atoms with Gasteiger partial charge in [0.15, 0.2) is 5.65 Å². The molecule has 0 aromatic carbocycles. The van der Waals surface area contributed by atoms with Crippen LogP contribution in [0.25, 0.3) is 5.65 Å². The average molecular weight is 421 g/mol. The van der Waals surface area contributed by atoms with E-state index in [9.17, 15) is 9.59 Å². The second kappa shape index (κ2) is 7.92. The van der Waals surface area contributed by atoms with E-state index in [1.807, 2.05) is 19.1 Å². The summed E-state index contributed by atoms with van der Waals surface area (Å²) >= 11 is 0. The quantitative estimate of drug-likeness (QED) is 0.703. The molecule has 31 heavy (non-hydrogen) atoms. The van der Waals surface area contributed by atoms with E-state index in [-0.39, 0.29) is 17.5 Å². The summed E-state index contributed by atoms with van der Waals surface area (Å²) in [6.45, 7) is 6.30. The summed E-state index contributed by atoms with van der Waals surface area (Å²) in [4.78, 5) is 38.6. The van der Waals surface area contributed by atoms with Crippen LogP contribution in [0.1, 0.15) is 60.6 Å². The number of aryl methyl sites for hydroxylation is 1. The van der Waals surface area contributed by atoms with Gasteiger partial charge in [-0.2, -0.15) is 0 Å². The van der Waals surface area contributed by atoms with Crippen LogP contribution < -0.4 is 5.56 Å². The first-order valence-corrected chi connectivity index (χ1v) is 11.0. The van der Waals surface area contributed by atoms with E-state index in [2.05, 4.69) is 27.1 Å². The second-order valence-corrected chi connectivity index (χ2v) is 8.69. The minimum absolute atomic E-state index is 0.00933. The first-order chi connectivity index (χ1) is 15.0. The van der Waals surface area contributed by atoms with Crippen LogP contribution in [-0.2, 0) is 24.3 Å². The molecule has 3 aromatic heterocycles. The van der Waals surface area contributed by atoms with E-state index in [1.165, 1.54) is 0 Å². The molecular weight excluding hydrogens is 392 g/mol. The Labute approximate surface area is 180 Å². The molecule has 0 saturated carbocycles. The van der Waals surface area contributed by atoms with Gasteiger partial charge in [-0.3, -0.25) is 24.6 Å².